The topological polar surface area (TPSA) is 111 Å². The highest BCUT2D eigenvalue weighted by molar-refractivity contribution is 7.92. The molecule has 0 aliphatic rings. The van der Waals surface area contributed by atoms with E-state index in [2.05, 4.69) is 14.7 Å². The molecule has 0 saturated carbocycles. The molecule has 7 nitrogen and oxygen atoms in total. The van der Waals surface area contributed by atoms with Crippen LogP contribution in [0.25, 0.3) is 0 Å². The van der Waals surface area contributed by atoms with Crippen LogP contribution in [0.2, 0.25) is 0 Å². The number of aryl methyl sites for hydroxylation is 2. The average molecular weight is 286 g/mol. The first kappa shape index (κ1) is 13.3. The molecule has 0 amide bonds. The van der Waals surface area contributed by atoms with Gasteiger partial charge in [0.05, 0.1) is 0 Å². The number of nitrogens with zero attached hydrogens (tertiary/aromatic N) is 2. The molecule has 1 aromatic heterocycles. The molecule has 19 heavy (non-hydrogen) atoms. The van der Waals surface area contributed by atoms with Gasteiger partial charge in [-0.1, -0.05) is 5.16 Å². The van der Waals surface area contributed by atoms with Crippen molar-refractivity contribution in [2.45, 2.75) is 18.7 Å². The van der Waals surface area contributed by atoms with Crippen molar-refractivity contribution in [3.63, 3.8) is 0 Å². The number of hydrogen-bond acceptors (Lipinski definition) is 6. The van der Waals surface area contributed by atoms with E-state index >= 15 is 0 Å². The number of aromatic nitrogens is 2. The van der Waals surface area contributed by atoms with Gasteiger partial charge in [-0.2, -0.15) is 4.98 Å². The fourth-order valence-corrected chi connectivity index (χ4v) is 2.40. The number of rotatable bonds is 3. The van der Waals surface area contributed by atoms with Crippen LogP contribution in [0.5, 0.6) is 0 Å². The van der Waals surface area contributed by atoms with Crippen LogP contribution in [0.4, 0.5) is 16.1 Å². The van der Waals surface area contributed by atoms with Gasteiger partial charge in [-0.25, -0.2) is 17.5 Å². The van der Waals surface area contributed by atoms with Crippen LogP contribution >= 0.6 is 0 Å². The van der Waals surface area contributed by atoms with Crippen LogP contribution in [-0.2, 0) is 10.0 Å². The number of sulfonamides is 1. The lowest BCUT2D eigenvalue weighted by Gasteiger charge is -2.08. The number of halogens is 1. The zero-order valence-electron chi connectivity index (χ0n) is 10.1. The van der Waals surface area contributed by atoms with E-state index in [9.17, 15) is 12.8 Å². The molecule has 0 fully saturated rings. The van der Waals surface area contributed by atoms with Crippen molar-refractivity contribution in [3.8, 4) is 0 Å². The number of nitrogens with one attached hydrogen (secondary N) is 1. The summed E-state index contributed by atoms with van der Waals surface area (Å²) in [6.45, 7) is 3.09. The Bertz CT molecular complexity index is 726. The Labute approximate surface area is 108 Å². The molecule has 0 aliphatic heterocycles. The maximum atomic E-state index is 13.7. The Hall–Kier alpha value is -2.16. The summed E-state index contributed by atoms with van der Waals surface area (Å²) in [6, 6.07) is 1.75. The largest absolute Gasteiger partial charge is 0.398 e. The molecular formula is C10H11FN4O3S. The fraction of sp³-hybridized carbons (Fsp3) is 0.200. The minimum atomic E-state index is -4.17. The lowest BCUT2D eigenvalue weighted by Crippen LogP contribution is -2.15. The molecule has 0 aliphatic carbocycles. The minimum Gasteiger partial charge on any atom is -0.398 e. The fourth-order valence-electron chi connectivity index (χ4n) is 1.38. The maximum Gasteiger partial charge on any atom is 0.335 e. The van der Waals surface area contributed by atoms with Gasteiger partial charge in [0, 0.05) is 5.69 Å². The quantitative estimate of drug-likeness (QED) is 0.820. The average Bonchev–Trinajstić information content (AvgIpc) is 2.68. The molecule has 2 rings (SSSR count). The summed E-state index contributed by atoms with van der Waals surface area (Å²) in [4.78, 5) is 3.09. The number of nitrogen functional groups attached to an aromatic ring is 1. The second-order valence-electron chi connectivity index (χ2n) is 3.89. The second-order valence-corrected chi connectivity index (χ2v) is 5.54. The first-order valence-electron chi connectivity index (χ1n) is 5.18. The maximum absolute atomic E-state index is 13.7. The first-order chi connectivity index (χ1) is 8.79. The molecule has 2 aromatic rings. The van der Waals surface area contributed by atoms with E-state index in [4.69, 9.17) is 5.73 Å². The van der Waals surface area contributed by atoms with Crippen molar-refractivity contribution in [1.29, 1.82) is 0 Å². The lowest BCUT2D eigenvalue weighted by atomic mass is 10.2. The third-order valence-corrected chi connectivity index (χ3v) is 3.69. The van der Waals surface area contributed by atoms with Crippen molar-refractivity contribution in [1.82, 2.24) is 10.1 Å². The summed E-state index contributed by atoms with van der Waals surface area (Å²) in [5.74, 6) is -0.656. The molecule has 0 spiro atoms. The summed E-state index contributed by atoms with van der Waals surface area (Å²) in [5.41, 5.74) is 6.19. The van der Waals surface area contributed by atoms with E-state index in [1.165, 1.54) is 6.92 Å². The van der Waals surface area contributed by atoms with Gasteiger partial charge in [0.25, 0.3) is 10.0 Å². The summed E-state index contributed by atoms with van der Waals surface area (Å²) in [7, 11) is -4.17. The van der Waals surface area contributed by atoms with Gasteiger partial charge in [-0.05, 0) is 31.5 Å². The van der Waals surface area contributed by atoms with Gasteiger partial charge in [-0.3, -0.25) is 0 Å². The van der Waals surface area contributed by atoms with Crippen molar-refractivity contribution < 1.29 is 17.3 Å². The van der Waals surface area contributed by atoms with Gasteiger partial charge < -0.3 is 10.3 Å². The number of hydrogen-bond donors (Lipinski definition) is 2. The Morgan fingerprint density at radius 1 is 1.37 bits per heavy atom. The van der Waals surface area contributed by atoms with E-state index in [-0.39, 0.29) is 17.5 Å². The first-order valence-corrected chi connectivity index (χ1v) is 6.66. The van der Waals surface area contributed by atoms with Crippen LogP contribution in [0, 0.1) is 19.7 Å². The highest BCUT2D eigenvalue weighted by Crippen LogP contribution is 2.23. The van der Waals surface area contributed by atoms with Gasteiger partial charge in [0.15, 0.2) is 5.82 Å². The number of anilines is 2. The minimum absolute atomic E-state index is 0.170. The monoisotopic (exact) mass is 286 g/mol. The summed E-state index contributed by atoms with van der Waals surface area (Å²) in [5, 5.41) is 3.42. The number of nitrogens with two attached hydrogens (primary N) is 1. The zero-order valence-corrected chi connectivity index (χ0v) is 11.0. The Morgan fingerprint density at radius 3 is 2.63 bits per heavy atom. The molecular weight excluding hydrogens is 275 g/mol. The van der Waals surface area contributed by atoms with E-state index in [0.29, 0.717) is 5.56 Å². The van der Waals surface area contributed by atoms with E-state index in [0.717, 1.165) is 12.1 Å². The predicted molar refractivity (Wildman–Crippen MR) is 65.4 cm³/mol. The SMILES string of the molecule is Cc1noc(NS(=O)(=O)c2cc(N)c(C)cc2F)n1. The third kappa shape index (κ3) is 2.65. The molecule has 0 saturated heterocycles. The highest BCUT2D eigenvalue weighted by Gasteiger charge is 2.22. The Kier molecular flexibility index (Phi) is 3.14. The van der Waals surface area contributed by atoms with Gasteiger partial charge in [0.1, 0.15) is 10.7 Å². The van der Waals surface area contributed by atoms with Crippen LogP contribution in [0.3, 0.4) is 0 Å². The molecule has 0 atom stereocenters. The van der Waals surface area contributed by atoms with Crippen LogP contribution in [-0.4, -0.2) is 18.6 Å². The lowest BCUT2D eigenvalue weighted by molar-refractivity contribution is 0.429. The van der Waals surface area contributed by atoms with E-state index in [1.807, 2.05) is 4.72 Å². The molecule has 0 unspecified atom stereocenters. The summed E-state index contributed by atoms with van der Waals surface area (Å²) in [6.07, 6.45) is 0. The Morgan fingerprint density at radius 2 is 2.05 bits per heavy atom. The molecule has 102 valence electrons. The van der Waals surface area contributed by atoms with Crippen LogP contribution < -0.4 is 10.5 Å². The molecule has 1 heterocycles. The summed E-state index contributed by atoms with van der Waals surface area (Å²) >= 11 is 0. The Balaban J connectivity index is 2.42. The highest BCUT2D eigenvalue weighted by atomic mass is 32.2. The molecule has 3 N–H and O–H groups in total. The molecule has 0 bridgehead atoms. The predicted octanol–water partition coefficient (Wildman–Crippen LogP) is 1.21. The van der Waals surface area contributed by atoms with E-state index in [1.54, 1.807) is 6.92 Å². The van der Waals surface area contributed by atoms with Gasteiger partial charge >= 0.3 is 6.01 Å². The standard InChI is InChI=1S/C10H11FN4O3S/c1-5-3-7(11)9(4-8(5)12)19(16,17)15-10-13-6(2)14-18-10/h3-4H,12H2,1-2H3,(H,13,14,15). The third-order valence-electron chi connectivity index (χ3n) is 2.36. The van der Waals surface area contributed by atoms with Gasteiger partial charge in [0.2, 0.25) is 0 Å². The van der Waals surface area contributed by atoms with Crippen LogP contribution in [0.15, 0.2) is 21.6 Å². The summed E-state index contributed by atoms with van der Waals surface area (Å²) < 4.78 is 44.2. The normalized spacial score (nSPS) is 11.5. The molecule has 1 aromatic carbocycles. The van der Waals surface area contributed by atoms with Crippen molar-refractivity contribution >= 4 is 21.7 Å². The van der Waals surface area contributed by atoms with Crippen LogP contribution in [0.1, 0.15) is 11.4 Å². The van der Waals surface area contributed by atoms with Crippen molar-refractivity contribution in [2.75, 3.05) is 10.5 Å². The molecule has 0 radical (unpaired) electrons. The van der Waals surface area contributed by atoms with Gasteiger partial charge in [-0.15, -0.1) is 0 Å². The zero-order chi connectivity index (χ0) is 14.2. The smallest absolute Gasteiger partial charge is 0.335 e. The van der Waals surface area contributed by atoms with E-state index < -0.39 is 20.7 Å². The molecule has 9 heteroatoms. The van der Waals surface area contributed by atoms with Crippen molar-refractivity contribution in [3.05, 3.63) is 29.3 Å². The second kappa shape index (κ2) is 4.50. The number of benzene rings is 1. The van der Waals surface area contributed by atoms with Crippen molar-refractivity contribution in [2.24, 2.45) is 0 Å².